The fraction of sp³-hybridized carbons (Fsp3) is 0.611. The summed E-state index contributed by atoms with van der Waals surface area (Å²) < 4.78 is 0. The number of hydrogen-bond donors (Lipinski definition) is 0. The topological polar surface area (TPSA) is 20.3 Å². The Morgan fingerprint density at radius 2 is 2.00 bits per heavy atom. The molecule has 21 heavy (non-hydrogen) atoms. The minimum absolute atomic E-state index is 0.0753. The van der Waals surface area contributed by atoms with Crippen molar-refractivity contribution in [1.29, 1.82) is 0 Å². The molecule has 0 spiro atoms. The van der Waals surface area contributed by atoms with E-state index < -0.39 is 0 Å². The first-order valence-corrected chi connectivity index (χ1v) is 8.86. The number of aryl methyl sites for hydroxylation is 1. The van der Waals surface area contributed by atoms with Crippen molar-refractivity contribution in [2.45, 2.75) is 45.8 Å². The van der Waals surface area contributed by atoms with Crippen molar-refractivity contribution in [3.63, 3.8) is 0 Å². The molecule has 0 aromatic heterocycles. The summed E-state index contributed by atoms with van der Waals surface area (Å²) in [5, 5.41) is 0.527. The first kappa shape index (κ1) is 16.4. The van der Waals surface area contributed by atoms with Crippen molar-refractivity contribution in [2.75, 3.05) is 18.8 Å². The second-order valence-corrected chi connectivity index (χ2v) is 8.43. The molecule has 1 aromatic carbocycles. The Bertz CT molecular complexity index is 492. The summed E-state index contributed by atoms with van der Waals surface area (Å²) in [5.41, 5.74) is 2.88. The molecule has 0 aliphatic carbocycles. The molecule has 0 radical (unpaired) electrons. The fourth-order valence-corrected chi connectivity index (χ4v) is 4.11. The SMILES string of the molecule is Cc1ccccc1C1CCN(C(=O)CC(C)(C)C)CCS1. The molecule has 3 heteroatoms. The highest BCUT2D eigenvalue weighted by atomic mass is 32.2. The van der Waals surface area contributed by atoms with Gasteiger partial charge in [-0.2, -0.15) is 11.8 Å². The Morgan fingerprint density at radius 3 is 2.67 bits per heavy atom. The molecular formula is C18H27NOS. The van der Waals surface area contributed by atoms with E-state index in [-0.39, 0.29) is 5.41 Å². The van der Waals surface area contributed by atoms with Gasteiger partial charge in [-0.3, -0.25) is 4.79 Å². The molecule has 1 aromatic rings. The van der Waals surface area contributed by atoms with E-state index in [1.54, 1.807) is 0 Å². The van der Waals surface area contributed by atoms with Gasteiger partial charge in [-0.15, -0.1) is 0 Å². The van der Waals surface area contributed by atoms with Gasteiger partial charge in [0.1, 0.15) is 0 Å². The summed E-state index contributed by atoms with van der Waals surface area (Å²) in [6.45, 7) is 10.4. The first-order chi connectivity index (χ1) is 9.87. The number of carbonyl (C=O) groups excluding carboxylic acids is 1. The van der Waals surface area contributed by atoms with Crippen LogP contribution in [0.5, 0.6) is 0 Å². The van der Waals surface area contributed by atoms with Crippen LogP contribution in [0.4, 0.5) is 0 Å². The van der Waals surface area contributed by atoms with Gasteiger partial charge in [0.05, 0.1) is 0 Å². The van der Waals surface area contributed by atoms with Crippen molar-refractivity contribution in [3.8, 4) is 0 Å². The van der Waals surface area contributed by atoms with Gasteiger partial charge in [0.15, 0.2) is 0 Å². The molecule has 116 valence electrons. The Balaban J connectivity index is 1.99. The van der Waals surface area contributed by atoms with Crippen molar-refractivity contribution in [1.82, 2.24) is 4.90 Å². The van der Waals surface area contributed by atoms with E-state index >= 15 is 0 Å². The van der Waals surface area contributed by atoms with Crippen LogP contribution in [0.15, 0.2) is 24.3 Å². The smallest absolute Gasteiger partial charge is 0.223 e. The molecule has 0 bridgehead atoms. The largest absolute Gasteiger partial charge is 0.342 e. The summed E-state index contributed by atoms with van der Waals surface area (Å²) in [7, 11) is 0. The average molecular weight is 305 g/mol. The Kier molecular flexibility index (Phi) is 5.37. The minimum atomic E-state index is 0.0753. The van der Waals surface area contributed by atoms with Gasteiger partial charge in [0.2, 0.25) is 5.91 Å². The number of hydrogen-bond acceptors (Lipinski definition) is 2. The van der Waals surface area contributed by atoms with Crippen LogP contribution in [-0.2, 0) is 4.79 Å². The molecular weight excluding hydrogens is 278 g/mol. The van der Waals surface area contributed by atoms with E-state index in [9.17, 15) is 4.79 Å². The van der Waals surface area contributed by atoms with Crippen LogP contribution in [0.1, 0.15) is 50.0 Å². The van der Waals surface area contributed by atoms with E-state index in [0.717, 1.165) is 25.3 Å². The average Bonchev–Trinajstić information content (AvgIpc) is 2.63. The van der Waals surface area contributed by atoms with Crippen molar-refractivity contribution < 1.29 is 4.79 Å². The highest BCUT2D eigenvalue weighted by molar-refractivity contribution is 7.99. The number of thioether (sulfide) groups is 1. The number of nitrogens with zero attached hydrogens (tertiary/aromatic N) is 1. The van der Waals surface area contributed by atoms with Gasteiger partial charge in [-0.25, -0.2) is 0 Å². The maximum Gasteiger partial charge on any atom is 0.223 e. The fourth-order valence-electron chi connectivity index (χ4n) is 2.78. The third-order valence-corrected chi connectivity index (χ3v) is 5.22. The van der Waals surface area contributed by atoms with Gasteiger partial charge >= 0.3 is 0 Å². The molecule has 1 atom stereocenters. The maximum absolute atomic E-state index is 12.4. The van der Waals surface area contributed by atoms with Gasteiger partial charge < -0.3 is 4.90 Å². The molecule has 0 saturated carbocycles. The van der Waals surface area contributed by atoms with Crippen LogP contribution in [-0.4, -0.2) is 29.6 Å². The van der Waals surface area contributed by atoms with Crippen molar-refractivity contribution >= 4 is 17.7 Å². The molecule has 1 amide bonds. The summed E-state index contributed by atoms with van der Waals surface area (Å²) >= 11 is 2.00. The Hall–Kier alpha value is -0.960. The molecule has 2 rings (SSSR count). The van der Waals surface area contributed by atoms with Crippen molar-refractivity contribution in [2.24, 2.45) is 5.41 Å². The van der Waals surface area contributed by atoms with E-state index in [0.29, 0.717) is 17.6 Å². The van der Waals surface area contributed by atoms with Gasteiger partial charge in [0, 0.05) is 30.5 Å². The van der Waals surface area contributed by atoms with Gasteiger partial charge in [-0.05, 0) is 29.9 Å². The third-order valence-electron chi connectivity index (χ3n) is 3.91. The Morgan fingerprint density at radius 1 is 1.29 bits per heavy atom. The third kappa shape index (κ3) is 4.77. The molecule has 0 N–H and O–H groups in total. The standard InChI is InChI=1S/C18H27NOS/c1-14-7-5-6-8-15(14)16-9-10-19(11-12-21-16)17(20)13-18(2,3)4/h5-8,16H,9-13H2,1-4H3. The van der Waals surface area contributed by atoms with Crippen LogP contribution < -0.4 is 0 Å². The lowest BCUT2D eigenvalue weighted by molar-refractivity contribution is -0.132. The number of rotatable bonds is 2. The second kappa shape index (κ2) is 6.87. The number of benzene rings is 1. The normalized spacial score (nSPS) is 20.2. The molecule has 1 aliphatic heterocycles. The van der Waals surface area contributed by atoms with Crippen LogP contribution in [0.2, 0.25) is 0 Å². The molecule has 1 aliphatic rings. The van der Waals surface area contributed by atoms with E-state index in [2.05, 4.69) is 56.9 Å². The molecule has 1 heterocycles. The summed E-state index contributed by atoms with van der Waals surface area (Å²) in [5.74, 6) is 1.35. The number of amides is 1. The predicted molar refractivity (Wildman–Crippen MR) is 91.6 cm³/mol. The zero-order valence-corrected chi connectivity index (χ0v) is 14.5. The lowest BCUT2D eigenvalue weighted by atomic mass is 9.91. The van der Waals surface area contributed by atoms with E-state index in [1.165, 1.54) is 11.1 Å². The lowest BCUT2D eigenvalue weighted by Crippen LogP contribution is -2.35. The monoisotopic (exact) mass is 305 g/mol. The first-order valence-electron chi connectivity index (χ1n) is 7.82. The molecule has 1 unspecified atom stereocenters. The minimum Gasteiger partial charge on any atom is -0.342 e. The summed E-state index contributed by atoms with van der Waals surface area (Å²) in [4.78, 5) is 14.5. The van der Waals surface area contributed by atoms with Crippen LogP contribution in [0, 0.1) is 12.3 Å². The molecule has 1 fully saturated rings. The van der Waals surface area contributed by atoms with Crippen LogP contribution in [0.3, 0.4) is 0 Å². The highest BCUT2D eigenvalue weighted by Gasteiger charge is 2.25. The zero-order chi connectivity index (χ0) is 15.5. The summed E-state index contributed by atoms with van der Waals surface area (Å²) in [6.07, 6.45) is 1.71. The van der Waals surface area contributed by atoms with Crippen LogP contribution in [0.25, 0.3) is 0 Å². The van der Waals surface area contributed by atoms with Gasteiger partial charge in [0.25, 0.3) is 0 Å². The molecule has 1 saturated heterocycles. The summed E-state index contributed by atoms with van der Waals surface area (Å²) in [6, 6.07) is 8.64. The van der Waals surface area contributed by atoms with Crippen molar-refractivity contribution in [3.05, 3.63) is 35.4 Å². The second-order valence-electron chi connectivity index (χ2n) is 7.12. The Labute approximate surface area is 133 Å². The lowest BCUT2D eigenvalue weighted by Gasteiger charge is -2.25. The highest BCUT2D eigenvalue weighted by Crippen LogP contribution is 2.36. The zero-order valence-electron chi connectivity index (χ0n) is 13.7. The molecule has 2 nitrogen and oxygen atoms in total. The number of carbonyl (C=O) groups is 1. The maximum atomic E-state index is 12.4. The van der Waals surface area contributed by atoms with E-state index in [1.807, 2.05) is 11.8 Å². The van der Waals surface area contributed by atoms with Crippen LogP contribution >= 0.6 is 11.8 Å². The quantitative estimate of drug-likeness (QED) is 0.805. The van der Waals surface area contributed by atoms with E-state index in [4.69, 9.17) is 0 Å². The van der Waals surface area contributed by atoms with Gasteiger partial charge in [-0.1, -0.05) is 45.0 Å². The predicted octanol–water partition coefficient (Wildman–Crippen LogP) is 4.44.